The molecule has 0 radical (unpaired) electrons. The Hall–Kier alpha value is -9.56. The number of nitrogens with zero attached hydrogens (tertiary/aromatic N) is 1. The number of anilines is 3. The van der Waals surface area contributed by atoms with Gasteiger partial charge >= 0.3 is 0 Å². The lowest BCUT2D eigenvalue weighted by Gasteiger charge is -2.28. The minimum absolute atomic E-state index is 0.104. The predicted octanol–water partition coefficient (Wildman–Crippen LogP) is 24.6. The van der Waals surface area contributed by atoms with Gasteiger partial charge in [0, 0.05) is 33.3 Å². The number of allylic oxidation sites excluding steroid dienone is 12. The van der Waals surface area contributed by atoms with Crippen molar-refractivity contribution in [2.24, 2.45) is 0 Å². The van der Waals surface area contributed by atoms with E-state index in [-0.39, 0.29) is 16.2 Å². The summed E-state index contributed by atoms with van der Waals surface area (Å²) in [7, 11) is 0. The van der Waals surface area contributed by atoms with Gasteiger partial charge in [-0.05, 0) is 220 Å². The minimum Gasteiger partial charge on any atom is -0.310 e. The van der Waals surface area contributed by atoms with Crippen molar-refractivity contribution in [2.45, 2.75) is 105 Å². The van der Waals surface area contributed by atoms with Crippen molar-refractivity contribution in [3.05, 3.63) is 341 Å². The normalized spacial score (nSPS) is 16.4. The number of aryl methyl sites for hydroxylation is 2. The summed E-state index contributed by atoms with van der Waals surface area (Å²) in [4.78, 5) is 2.41. The Bertz CT molecular complexity index is 4340. The van der Waals surface area contributed by atoms with Gasteiger partial charge in [0.15, 0.2) is 0 Å². The first kappa shape index (κ1) is 59.8. The number of hydrogen-bond donors (Lipinski definition) is 0. The van der Waals surface area contributed by atoms with Gasteiger partial charge in [-0.1, -0.05) is 276 Å². The topological polar surface area (TPSA) is 3.24 Å². The molecule has 4 aliphatic carbocycles. The van der Waals surface area contributed by atoms with Crippen LogP contribution in [0, 0.1) is 13.8 Å². The first-order chi connectivity index (χ1) is 43.1. The maximum absolute atomic E-state index is 2.54. The van der Waals surface area contributed by atoms with Crippen molar-refractivity contribution >= 4 is 28.2 Å². The van der Waals surface area contributed by atoms with E-state index in [4.69, 9.17) is 0 Å². The first-order valence-electron chi connectivity index (χ1n) is 32.0. The van der Waals surface area contributed by atoms with Gasteiger partial charge in [0.05, 0.1) is 0 Å². The summed E-state index contributed by atoms with van der Waals surface area (Å²) in [5.41, 5.74) is 32.4. The highest BCUT2D eigenvalue weighted by atomic mass is 15.1. The molecule has 1 nitrogen and oxygen atoms in total. The number of hydrogen-bond acceptors (Lipinski definition) is 1. The zero-order valence-electron chi connectivity index (χ0n) is 53.7. The summed E-state index contributed by atoms with van der Waals surface area (Å²) in [6, 6.07) is 85.0. The summed E-state index contributed by atoms with van der Waals surface area (Å²) in [6.07, 6.45) is 23.5. The Kier molecular flexibility index (Phi) is 17.0. The van der Waals surface area contributed by atoms with Crippen LogP contribution in [0.15, 0.2) is 291 Å². The number of benzene rings is 10. The number of rotatable bonds is 10. The molecule has 10 aromatic carbocycles. The van der Waals surface area contributed by atoms with Gasteiger partial charge in [-0.25, -0.2) is 0 Å². The van der Waals surface area contributed by atoms with Crippen molar-refractivity contribution in [1.82, 2.24) is 0 Å². The molecule has 0 N–H and O–H groups in total. The van der Waals surface area contributed by atoms with Gasteiger partial charge in [-0.3, -0.25) is 0 Å². The molecular weight excluding hydrogens is 1070 g/mol. The summed E-state index contributed by atoms with van der Waals surface area (Å²) in [6.45, 7) is 22.6. The highest BCUT2D eigenvalue weighted by Crippen LogP contribution is 2.58. The molecule has 0 spiro atoms. The Morgan fingerprint density at radius 2 is 1.01 bits per heavy atom. The second-order valence-corrected chi connectivity index (χ2v) is 25.9. The van der Waals surface area contributed by atoms with Crippen molar-refractivity contribution < 1.29 is 0 Å². The second kappa shape index (κ2) is 25.3. The van der Waals surface area contributed by atoms with Crippen LogP contribution in [0.4, 0.5) is 17.1 Å². The maximum Gasteiger partial charge on any atom is 0.0470 e. The van der Waals surface area contributed by atoms with Crippen molar-refractivity contribution in [1.29, 1.82) is 0 Å². The minimum atomic E-state index is -0.172. The molecule has 0 bridgehead atoms. The average molecular weight is 1150 g/mol. The molecule has 1 atom stereocenters. The van der Waals surface area contributed by atoms with Crippen LogP contribution in [-0.4, -0.2) is 0 Å². The molecule has 1 heteroatoms. The quantitative estimate of drug-likeness (QED) is 0.123. The lowest BCUT2D eigenvalue weighted by Crippen LogP contribution is -2.19. The zero-order valence-corrected chi connectivity index (χ0v) is 53.7. The van der Waals surface area contributed by atoms with Crippen LogP contribution >= 0.6 is 0 Å². The van der Waals surface area contributed by atoms with E-state index in [0.717, 1.165) is 36.3 Å². The first-order valence-corrected chi connectivity index (χ1v) is 32.0. The standard InChI is InChI=1S/C61H55N.C14H16.C13H12/c1-8-17-41(9-2)43-24-29-48(30-25-43)62(49-31-26-44(27-32-49)42-18-12-10-13-19-42)50-35-40(3)34-47(36-50)46-28-33-52-53-38-58-54(39-57(53)61(6,7)56(52)37-46)59-51(45-20-14-11-15-21-45)22-16-23-55(59)60(58,4)5;1-12-8-10-14(2,11-9-12)13-6-4-3-5-7-13;1-11-7-9-13(10-8-11)12-5-3-2-4-6-12/h8-9,11-12,14-39H,10,13H2,1-7H3;3-10H,11H2,1-2H3;2-10H,1H3/b17-8-,41-9+;;. The molecule has 89 heavy (non-hydrogen) atoms. The van der Waals surface area contributed by atoms with Gasteiger partial charge in [0.25, 0.3) is 0 Å². The third-order valence-electron chi connectivity index (χ3n) is 19.0. The van der Waals surface area contributed by atoms with Crippen LogP contribution in [0.5, 0.6) is 0 Å². The summed E-state index contributed by atoms with van der Waals surface area (Å²) < 4.78 is 0. The fraction of sp³-hybridized carbons (Fsp3) is 0.182. The van der Waals surface area contributed by atoms with Crippen LogP contribution < -0.4 is 4.90 Å². The Morgan fingerprint density at radius 1 is 0.416 bits per heavy atom. The highest BCUT2D eigenvalue weighted by molar-refractivity contribution is 5.96. The van der Waals surface area contributed by atoms with Crippen LogP contribution in [0.25, 0.3) is 66.8 Å². The second-order valence-electron chi connectivity index (χ2n) is 25.9. The van der Waals surface area contributed by atoms with Gasteiger partial charge in [-0.2, -0.15) is 0 Å². The highest BCUT2D eigenvalue weighted by Gasteiger charge is 2.42. The molecule has 0 saturated carbocycles. The maximum atomic E-state index is 2.54. The Balaban J connectivity index is 0.000000232. The molecule has 14 rings (SSSR count). The molecule has 10 aromatic rings. The fourth-order valence-electron chi connectivity index (χ4n) is 13.8. The van der Waals surface area contributed by atoms with Gasteiger partial charge in [-0.15, -0.1) is 0 Å². The summed E-state index contributed by atoms with van der Waals surface area (Å²) >= 11 is 0. The summed E-state index contributed by atoms with van der Waals surface area (Å²) in [5, 5.41) is 0. The van der Waals surface area contributed by atoms with Gasteiger partial charge < -0.3 is 4.90 Å². The Morgan fingerprint density at radius 3 is 1.65 bits per heavy atom. The molecular formula is C88H83N. The van der Waals surface area contributed by atoms with Gasteiger partial charge in [0.1, 0.15) is 0 Å². The molecule has 0 aromatic heterocycles. The van der Waals surface area contributed by atoms with E-state index in [9.17, 15) is 0 Å². The average Bonchev–Trinajstić information content (AvgIpc) is 1.54. The van der Waals surface area contributed by atoms with Crippen LogP contribution in [0.3, 0.4) is 0 Å². The third-order valence-corrected chi connectivity index (χ3v) is 19.0. The monoisotopic (exact) mass is 1150 g/mol. The van der Waals surface area contributed by atoms with Gasteiger partial charge in [0.2, 0.25) is 0 Å². The molecule has 440 valence electrons. The van der Waals surface area contributed by atoms with E-state index >= 15 is 0 Å². The molecule has 0 aliphatic heterocycles. The molecule has 0 amide bonds. The van der Waals surface area contributed by atoms with E-state index in [1.165, 1.54) is 122 Å². The summed E-state index contributed by atoms with van der Waals surface area (Å²) in [5.74, 6) is 0. The fourth-order valence-corrected chi connectivity index (χ4v) is 13.8. The van der Waals surface area contributed by atoms with E-state index in [1.807, 2.05) is 6.07 Å². The van der Waals surface area contributed by atoms with E-state index in [2.05, 4.69) is 353 Å². The third kappa shape index (κ3) is 12.1. The van der Waals surface area contributed by atoms with Crippen molar-refractivity contribution in [3.63, 3.8) is 0 Å². The van der Waals surface area contributed by atoms with Crippen LogP contribution in [-0.2, 0) is 16.2 Å². The lowest BCUT2D eigenvalue weighted by molar-refractivity contribution is 0.596. The van der Waals surface area contributed by atoms with Crippen molar-refractivity contribution in [3.8, 4) is 55.6 Å². The molecule has 4 aliphatic rings. The molecule has 0 fully saturated rings. The Labute approximate surface area is 531 Å². The predicted molar refractivity (Wildman–Crippen MR) is 385 cm³/mol. The smallest absolute Gasteiger partial charge is 0.0470 e. The van der Waals surface area contributed by atoms with Crippen LogP contribution in [0.2, 0.25) is 0 Å². The zero-order chi connectivity index (χ0) is 61.9. The van der Waals surface area contributed by atoms with Crippen LogP contribution in [0.1, 0.15) is 125 Å². The SMILES string of the molecule is C/C=C\C(=C/C)c1ccc(N(c2ccc(C3=CCCC=C3)cc2)c2cc(C)cc(-c3ccc4c(c3)C(C)(C)c3cc5c(cc3-4)C(C)(C)c3cccc(-c4ccccc4)c3-5)c2)cc1.CC1=CCC(C)(c2ccccc2)C=C1.Cc1ccc(-c2ccccc2)cc1. The van der Waals surface area contributed by atoms with Crippen molar-refractivity contribution in [2.75, 3.05) is 4.90 Å². The molecule has 0 saturated heterocycles. The molecule has 0 heterocycles. The number of fused-ring (bicyclic) bond motifs is 6. The van der Waals surface area contributed by atoms with E-state index < -0.39 is 0 Å². The lowest BCUT2D eigenvalue weighted by atomic mass is 9.76. The largest absolute Gasteiger partial charge is 0.310 e. The van der Waals surface area contributed by atoms with E-state index in [1.54, 1.807) is 0 Å². The van der Waals surface area contributed by atoms with E-state index in [0.29, 0.717) is 0 Å². The molecule has 1 unspecified atom stereocenters.